The molecule has 4 aromatic carbocycles. The molecular formula is C31H32N2O6. The first-order chi connectivity index (χ1) is 19.1. The highest BCUT2D eigenvalue weighted by atomic mass is 16.5. The van der Waals surface area contributed by atoms with Gasteiger partial charge in [-0.2, -0.15) is 0 Å². The molecule has 39 heavy (non-hydrogen) atoms. The van der Waals surface area contributed by atoms with E-state index in [0.717, 1.165) is 27.6 Å². The molecule has 0 fully saturated rings. The molecule has 0 aliphatic rings. The van der Waals surface area contributed by atoms with Gasteiger partial charge in [-0.25, -0.2) is 4.79 Å². The maximum Gasteiger partial charge on any atom is 0.335 e. The first kappa shape index (κ1) is 27.5. The first-order valence-electron chi connectivity index (χ1n) is 12.6. The Hall–Kier alpha value is -4.53. The molecule has 202 valence electrons. The van der Waals surface area contributed by atoms with Crippen molar-refractivity contribution in [2.45, 2.75) is 6.10 Å². The van der Waals surface area contributed by atoms with Crippen LogP contribution in [0.25, 0.3) is 21.8 Å². The lowest BCUT2D eigenvalue weighted by molar-refractivity contribution is 0.0697. The van der Waals surface area contributed by atoms with Crippen molar-refractivity contribution < 1.29 is 29.2 Å². The number of aromatic amines is 1. The van der Waals surface area contributed by atoms with Crippen LogP contribution in [-0.2, 0) is 0 Å². The number of methoxy groups -OCH3 is 1. The Morgan fingerprint density at radius 1 is 0.821 bits per heavy atom. The van der Waals surface area contributed by atoms with Crippen LogP contribution in [0.15, 0.2) is 97.1 Å². The van der Waals surface area contributed by atoms with Gasteiger partial charge in [-0.1, -0.05) is 54.6 Å². The zero-order chi connectivity index (χ0) is 27.5. The number of hydrogen-bond donors (Lipinski definition) is 4. The van der Waals surface area contributed by atoms with Crippen LogP contribution in [0.1, 0.15) is 10.4 Å². The third-order valence-electron chi connectivity index (χ3n) is 5.93. The molecule has 1 aromatic heterocycles. The number of carboxylic acids is 1. The van der Waals surface area contributed by atoms with Crippen LogP contribution in [0.5, 0.6) is 17.2 Å². The van der Waals surface area contributed by atoms with E-state index in [9.17, 15) is 9.90 Å². The van der Waals surface area contributed by atoms with E-state index in [1.807, 2.05) is 60.7 Å². The van der Waals surface area contributed by atoms with Crippen molar-refractivity contribution in [3.63, 3.8) is 0 Å². The maximum absolute atomic E-state index is 10.3. The molecule has 0 saturated heterocycles. The number of carboxylic acid groups (broad SMARTS) is 1. The smallest absolute Gasteiger partial charge is 0.335 e. The van der Waals surface area contributed by atoms with E-state index in [-0.39, 0.29) is 6.61 Å². The number of para-hydroxylation sites is 3. The van der Waals surface area contributed by atoms with Crippen LogP contribution in [0.3, 0.4) is 0 Å². The van der Waals surface area contributed by atoms with Gasteiger partial charge in [0.05, 0.1) is 18.2 Å². The second kappa shape index (κ2) is 13.9. The number of hydrogen-bond acceptors (Lipinski definition) is 6. The Morgan fingerprint density at radius 2 is 1.49 bits per heavy atom. The minimum absolute atomic E-state index is 0.207. The lowest BCUT2D eigenvalue weighted by Gasteiger charge is -2.15. The number of aliphatic hydroxyl groups is 1. The molecule has 1 heterocycles. The number of carbonyl (C=O) groups is 1. The van der Waals surface area contributed by atoms with Crippen LogP contribution >= 0.6 is 0 Å². The number of rotatable bonds is 11. The maximum atomic E-state index is 10.3. The highest BCUT2D eigenvalue weighted by Crippen LogP contribution is 2.33. The van der Waals surface area contributed by atoms with Gasteiger partial charge >= 0.3 is 5.97 Å². The SMILES string of the molecule is COc1ccccc1OCCNCC(O)COc1cccc2[nH]c3ccccc3c12.O=C(O)c1ccccc1. The number of nitrogens with one attached hydrogen (secondary N) is 2. The van der Waals surface area contributed by atoms with Crippen LogP contribution in [0.4, 0.5) is 0 Å². The molecule has 4 N–H and O–H groups in total. The van der Waals surface area contributed by atoms with Crippen molar-refractivity contribution in [3.8, 4) is 17.2 Å². The van der Waals surface area contributed by atoms with E-state index in [1.54, 1.807) is 37.4 Å². The lowest BCUT2D eigenvalue weighted by atomic mass is 10.1. The topological polar surface area (TPSA) is 113 Å². The van der Waals surface area contributed by atoms with E-state index in [1.165, 1.54) is 0 Å². The molecule has 0 saturated carbocycles. The van der Waals surface area contributed by atoms with E-state index >= 15 is 0 Å². The molecular weight excluding hydrogens is 496 g/mol. The van der Waals surface area contributed by atoms with Crippen molar-refractivity contribution >= 4 is 27.8 Å². The number of aromatic nitrogens is 1. The van der Waals surface area contributed by atoms with E-state index in [4.69, 9.17) is 19.3 Å². The molecule has 1 atom stereocenters. The fourth-order valence-corrected chi connectivity index (χ4v) is 4.05. The molecule has 0 radical (unpaired) electrons. The Bertz CT molecular complexity index is 1480. The van der Waals surface area contributed by atoms with Crippen molar-refractivity contribution in [1.82, 2.24) is 10.3 Å². The normalized spacial score (nSPS) is 11.4. The molecule has 0 aliphatic heterocycles. The van der Waals surface area contributed by atoms with E-state index < -0.39 is 12.1 Å². The average Bonchev–Trinajstić information content (AvgIpc) is 3.36. The van der Waals surface area contributed by atoms with Crippen LogP contribution in [0.2, 0.25) is 0 Å². The Balaban J connectivity index is 0.000000333. The highest BCUT2D eigenvalue weighted by molar-refractivity contribution is 6.10. The first-order valence-corrected chi connectivity index (χ1v) is 12.6. The molecule has 8 nitrogen and oxygen atoms in total. The monoisotopic (exact) mass is 528 g/mol. The third-order valence-corrected chi connectivity index (χ3v) is 5.93. The summed E-state index contributed by atoms with van der Waals surface area (Å²) >= 11 is 0. The van der Waals surface area contributed by atoms with Gasteiger partial charge in [-0.05, 0) is 42.5 Å². The molecule has 5 rings (SSSR count). The standard InChI is InChI=1S/C24H26N2O4.C7H6O2/c1-28-21-10-4-5-11-22(21)29-14-13-25-15-17(27)16-30-23-12-6-9-20-24(23)18-7-2-3-8-19(18)26-20;8-7(9)6-4-2-1-3-5-6/h2-12,17,25-27H,13-16H2,1H3;1-5H,(H,8,9). The summed E-state index contributed by atoms with van der Waals surface area (Å²) in [4.78, 5) is 13.6. The number of benzene rings is 4. The summed E-state index contributed by atoms with van der Waals surface area (Å²) < 4.78 is 16.9. The van der Waals surface area contributed by atoms with Crippen molar-refractivity contribution in [3.05, 3.63) is 103 Å². The predicted molar refractivity (Wildman–Crippen MR) is 152 cm³/mol. The van der Waals surface area contributed by atoms with Gasteiger partial charge in [0, 0.05) is 29.4 Å². The number of H-pyrrole nitrogens is 1. The zero-order valence-electron chi connectivity index (χ0n) is 21.7. The molecule has 0 bridgehead atoms. The van der Waals surface area contributed by atoms with Gasteiger partial charge in [0.15, 0.2) is 11.5 Å². The van der Waals surface area contributed by atoms with Crippen molar-refractivity contribution in [2.75, 3.05) is 33.4 Å². The van der Waals surface area contributed by atoms with Crippen LogP contribution < -0.4 is 19.5 Å². The van der Waals surface area contributed by atoms with Gasteiger partial charge in [-0.3, -0.25) is 0 Å². The fraction of sp³-hybridized carbons (Fsp3) is 0.194. The summed E-state index contributed by atoms with van der Waals surface area (Å²) in [5.41, 5.74) is 2.42. The summed E-state index contributed by atoms with van der Waals surface area (Å²) in [6.07, 6.45) is -0.628. The van der Waals surface area contributed by atoms with E-state index in [2.05, 4.69) is 16.4 Å². The average molecular weight is 529 g/mol. The Kier molecular flexibility index (Phi) is 9.77. The summed E-state index contributed by atoms with van der Waals surface area (Å²) in [6.45, 7) is 1.70. The fourth-order valence-electron chi connectivity index (χ4n) is 4.05. The number of ether oxygens (including phenoxy) is 3. The lowest BCUT2D eigenvalue weighted by Crippen LogP contribution is -2.33. The van der Waals surface area contributed by atoms with Gasteiger partial charge < -0.3 is 34.7 Å². The number of aromatic carboxylic acids is 1. The van der Waals surface area contributed by atoms with Crippen LogP contribution in [-0.4, -0.2) is 60.7 Å². The molecule has 1 unspecified atom stereocenters. The van der Waals surface area contributed by atoms with Crippen LogP contribution in [0, 0.1) is 0 Å². The summed E-state index contributed by atoms with van der Waals surface area (Å²) in [7, 11) is 1.62. The Labute approximate surface area is 226 Å². The number of aliphatic hydroxyl groups excluding tert-OH is 1. The van der Waals surface area contributed by atoms with Crippen molar-refractivity contribution in [2.24, 2.45) is 0 Å². The Morgan fingerprint density at radius 3 is 2.23 bits per heavy atom. The van der Waals surface area contributed by atoms with Gasteiger partial charge in [-0.15, -0.1) is 0 Å². The zero-order valence-corrected chi connectivity index (χ0v) is 21.7. The quantitative estimate of drug-likeness (QED) is 0.176. The van der Waals surface area contributed by atoms with Crippen molar-refractivity contribution in [1.29, 1.82) is 0 Å². The molecule has 0 aliphatic carbocycles. The molecule has 0 amide bonds. The summed E-state index contributed by atoms with van der Waals surface area (Å²) in [6, 6.07) is 29.9. The second-order valence-corrected chi connectivity index (χ2v) is 8.69. The minimum atomic E-state index is -0.879. The van der Waals surface area contributed by atoms with Gasteiger partial charge in [0.2, 0.25) is 0 Å². The third kappa shape index (κ3) is 7.50. The predicted octanol–water partition coefficient (Wildman–Crippen LogP) is 5.12. The van der Waals surface area contributed by atoms with Gasteiger partial charge in [0.1, 0.15) is 25.1 Å². The summed E-state index contributed by atoms with van der Waals surface area (Å²) in [5.74, 6) is 1.30. The largest absolute Gasteiger partial charge is 0.493 e. The van der Waals surface area contributed by atoms with E-state index in [0.29, 0.717) is 36.8 Å². The molecule has 5 aromatic rings. The van der Waals surface area contributed by atoms with Gasteiger partial charge in [0.25, 0.3) is 0 Å². The molecule has 0 spiro atoms. The highest BCUT2D eigenvalue weighted by Gasteiger charge is 2.11. The molecule has 8 heteroatoms. The number of fused-ring (bicyclic) bond motifs is 3. The summed E-state index contributed by atoms with van der Waals surface area (Å²) in [5, 5.41) is 24.0. The second-order valence-electron chi connectivity index (χ2n) is 8.69. The minimum Gasteiger partial charge on any atom is -0.493 e.